The van der Waals surface area contributed by atoms with E-state index in [2.05, 4.69) is 59.3 Å². The number of anilines is 1. The minimum atomic E-state index is 0.984. The first kappa shape index (κ1) is 14.4. The number of aryl methyl sites for hydroxylation is 1. The van der Waals surface area contributed by atoms with Crippen molar-refractivity contribution in [1.29, 1.82) is 0 Å². The maximum absolute atomic E-state index is 3.33. The zero-order valence-corrected chi connectivity index (χ0v) is 14.5. The molecule has 4 aromatic rings. The Balaban J connectivity index is 1.72. The van der Waals surface area contributed by atoms with E-state index in [1.807, 2.05) is 47.1 Å². The molecule has 0 aliphatic rings. The largest absolute Gasteiger partial charge is 0.361 e. The van der Waals surface area contributed by atoms with Gasteiger partial charge in [-0.2, -0.15) is 4.57 Å². The summed E-state index contributed by atoms with van der Waals surface area (Å²) in [5, 5.41) is 5.99. The number of fused-ring (bicyclic) bond motifs is 3. The topological polar surface area (TPSA) is 15.9 Å². The van der Waals surface area contributed by atoms with Gasteiger partial charge in [-0.15, -0.1) is 0 Å². The first-order chi connectivity index (χ1) is 11.4. The highest BCUT2D eigenvalue weighted by molar-refractivity contribution is 7.31. The molecule has 0 radical (unpaired) electrons. The Morgan fingerprint density at radius 2 is 1.78 bits per heavy atom. The van der Waals surface area contributed by atoms with Gasteiger partial charge in [-0.3, -0.25) is 0 Å². The number of hydrogen-bond donors (Lipinski definition) is 1. The lowest BCUT2D eigenvalue weighted by molar-refractivity contribution is -0.663. The quantitative estimate of drug-likeness (QED) is 0.486. The number of aromatic nitrogens is 1. The molecule has 0 aliphatic heterocycles. The number of nitrogens with one attached hydrogen (secondary N) is 1. The molecule has 0 bridgehead atoms. The molecule has 114 valence electrons. The molecule has 0 saturated heterocycles. The van der Waals surface area contributed by atoms with E-state index >= 15 is 0 Å². The van der Waals surface area contributed by atoms with Crippen LogP contribution >= 0.6 is 22.7 Å². The van der Waals surface area contributed by atoms with Crippen molar-refractivity contribution in [2.75, 3.05) is 5.32 Å². The lowest BCUT2D eigenvalue weighted by Gasteiger charge is -1.97. The van der Waals surface area contributed by atoms with Crippen LogP contribution in [-0.4, -0.2) is 0 Å². The molecule has 0 atom stereocenters. The summed E-state index contributed by atoms with van der Waals surface area (Å²) >= 11 is 3.75. The third kappa shape index (κ3) is 2.64. The highest BCUT2D eigenvalue weighted by Crippen LogP contribution is 2.36. The van der Waals surface area contributed by atoms with Gasteiger partial charge in [-0.1, -0.05) is 59.1 Å². The molecule has 0 amide bonds. The average molecular weight is 337 g/mol. The molecule has 2 aromatic carbocycles. The molecule has 0 aliphatic carbocycles. The summed E-state index contributed by atoms with van der Waals surface area (Å²) in [6.07, 6.45) is 4.20. The van der Waals surface area contributed by atoms with E-state index in [4.69, 9.17) is 0 Å². The summed E-state index contributed by atoms with van der Waals surface area (Å²) in [7, 11) is 0. The first-order valence-electron chi connectivity index (χ1n) is 7.69. The van der Waals surface area contributed by atoms with Crippen LogP contribution in [0.5, 0.6) is 0 Å². The van der Waals surface area contributed by atoms with Crippen molar-refractivity contribution in [3.8, 4) is 0 Å². The number of thiophene rings is 1. The predicted octanol–water partition coefficient (Wildman–Crippen LogP) is 5.51. The first-order valence-corrected chi connectivity index (χ1v) is 9.32. The fourth-order valence-electron chi connectivity index (χ4n) is 2.71. The van der Waals surface area contributed by atoms with Gasteiger partial charge < -0.3 is 5.32 Å². The summed E-state index contributed by atoms with van der Waals surface area (Å²) in [6.45, 7) is 3.19. The zero-order chi connectivity index (χ0) is 15.6. The third-order valence-corrected chi connectivity index (χ3v) is 6.32. The Morgan fingerprint density at radius 1 is 1.00 bits per heavy atom. The summed E-state index contributed by atoms with van der Waals surface area (Å²) in [4.78, 5) is 1.37. The Kier molecular flexibility index (Phi) is 3.85. The van der Waals surface area contributed by atoms with E-state index in [1.165, 1.54) is 24.6 Å². The van der Waals surface area contributed by atoms with Crippen LogP contribution in [0.3, 0.4) is 0 Å². The molecule has 0 saturated carbocycles. The van der Waals surface area contributed by atoms with Gasteiger partial charge in [0.2, 0.25) is 0 Å². The molecular weight excluding hydrogens is 320 g/mol. The van der Waals surface area contributed by atoms with Gasteiger partial charge in [0.1, 0.15) is 11.2 Å². The van der Waals surface area contributed by atoms with Crippen molar-refractivity contribution in [3.63, 3.8) is 0 Å². The third-order valence-electron chi connectivity index (χ3n) is 3.82. The fraction of sp³-hybridized carbons (Fsp3) is 0.105. The number of para-hydroxylation sites is 1. The van der Waals surface area contributed by atoms with Gasteiger partial charge in [0.05, 0.1) is 0 Å². The lowest BCUT2D eigenvalue weighted by Crippen LogP contribution is -2.32. The van der Waals surface area contributed by atoms with Gasteiger partial charge in [-0.25, -0.2) is 0 Å². The summed E-state index contributed by atoms with van der Waals surface area (Å²) in [5.41, 5.74) is 1.11. The van der Waals surface area contributed by atoms with Crippen molar-refractivity contribution in [1.82, 2.24) is 0 Å². The molecule has 2 heterocycles. The minimum Gasteiger partial charge on any atom is -0.361 e. The van der Waals surface area contributed by atoms with Crippen molar-refractivity contribution in [2.24, 2.45) is 0 Å². The monoisotopic (exact) mass is 337 g/mol. The minimum absolute atomic E-state index is 0.984. The molecule has 2 nitrogen and oxygen atoms in total. The molecular formula is C19H17N2S2+. The Labute approximate surface area is 143 Å². The summed E-state index contributed by atoms with van der Waals surface area (Å²) in [5.74, 6) is 0. The molecule has 0 spiro atoms. The predicted molar refractivity (Wildman–Crippen MR) is 102 cm³/mol. The Morgan fingerprint density at radius 3 is 2.61 bits per heavy atom. The SMILES string of the molecule is CC[n+]1c(C=CNc2ccccc2)sc2c3ccccc3sc21. The number of thiazole rings is 1. The highest BCUT2D eigenvalue weighted by atomic mass is 32.1. The second-order valence-corrected chi connectivity index (χ2v) is 7.32. The van der Waals surface area contributed by atoms with Gasteiger partial charge in [-0.05, 0) is 25.1 Å². The molecule has 0 unspecified atom stereocenters. The number of nitrogens with zero attached hydrogens (tertiary/aromatic N) is 1. The van der Waals surface area contributed by atoms with E-state index in [9.17, 15) is 0 Å². The van der Waals surface area contributed by atoms with Crippen LogP contribution < -0.4 is 9.88 Å². The molecule has 0 fully saturated rings. The van der Waals surface area contributed by atoms with E-state index in [0.717, 1.165) is 12.2 Å². The smallest absolute Gasteiger partial charge is 0.281 e. The lowest BCUT2D eigenvalue weighted by atomic mass is 10.3. The summed E-state index contributed by atoms with van der Waals surface area (Å²) in [6, 6.07) is 18.9. The normalized spacial score (nSPS) is 11.7. The van der Waals surface area contributed by atoms with Crippen LogP contribution in [-0.2, 0) is 6.54 Å². The van der Waals surface area contributed by atoms with Crippen LogP contribution in [0, 0.1) is 0 Å². The highest BCUT2D eigenvalue weighted by Gasteiger charge is 2.21. The van der Waals surface area contributed by atoms with E-state index < -0.39 is 0 Å². The van der Waals surface area contributed by atoms with Gasteiger partial charge in [0, 0.05) is 28.0 Å². The average Bonchev–Trinajstić information content (AvgIpc) is 3.11. The Bertz CT molecular complexity index is 981. The second kappa shape index (κ2) is 6.14. The van der Waals surface area contributed by atoms with Crippen LogP contribution in [0.4, 0.5) is 5.69 Å². The number of rotatable bonds is 4. The standard InChI is InChI=1S/C19H16N2S2/c1-2-21-17(12-13-20-14-8-4-3-5-9-14)23-18-15-10-6-7-11-16(15)22-19(18)21/h3-13H,2H2,1H3/p+1. The maximum Gasteiger partial charge on any atom is 0.281 e. The van der Waals surface area contributed by atoms with Crippen molar-refractivity contribution in [2.45, 2.75) is 13.5 Å². The van der Waals surface area contributed by atoms with Gasteiger partial charge in [0.15, 0.2) is 0 Å². The van der Waals surface area contributed by atoms with E-state index in [0.29, 0.717) is 0 Å². The second-order valence-electron chi connectivity index (χ2n) is 5.26. The van der Waals surface area contributed by atoms with Crippen LogP contribution in [0.25, 0.3) is 25.7 Å². The van der Waals surface area contributed by atoms with Crippen LogP contribution in [0.2, 0.25) is 0 Å². The molecule has 4 rings (SSSR count). The van der Waals surface area contributed by atoms with Gasteiger partial charge in [0.25, 0.3) is 9.84 Å². The zero-order valence-electron chi connectivity index (χ0n) is 12.8. The Hall–Kier alpha value is -2.17. The number of hydrogen-bond acceptors (Lipinski definition) is 3. The maximum atomic E-state index is 3.33. The van der Waals surface area contributed by atoms with Crippen LogP contribution in [0.15, 0.2) is 60.8 Å². The van der Waals surface area contributed by atoms with Crippen LogP contribution in [0.1, 0.15) is 11.9 Å². The van der Waals surface area contributed by atoms with Gasteiger partial charge >= 0.3 is 0 Å². The van der Waals surface area contributed by atoms with E-state index in [-0.39, 0.29) is 0 Å². The molecule has 23 heavy (non-hydrogen) atoms. The van der Waals surface area contributed by atoms with Crippen molar-refractivity contribution >= 4 is 54.1 Å². The van der Waals surface area contributed by atoms with E-state index in [1.54, 1.807) is 0 Å². The van der Waals surface area contributed by atoms with Crippen molar-refractivity contribution < 1.29 is 4.57 Å². The molecule has 2 aromatic heterocycles. The summed E-state index contributed by atoms with van der Waals surface area (Å²) < 4.78 is 5.16. The fourth-order valence-corrected chi connectivity index (χ4v) is 5.42. The number of benzene rings is 2. The molecule has 1 N–H and O–H groups in total. The van der Waals surface area contributed by atoms with Crippen molar-refractivity contribution in [3.05, 3.63) is 65.8 Å². The molecule has 4 heteroatoms.